The second kappa shape index (κ2) is 6.08. The highest BCUT2D eigenvalue weighted by Gasteiger charge is 2.27. The van der Waals surface area contributed by atoms with Gasteiger partial charge in [-0.25, -0.2) is 9.97 Å². The Morgan fingerprint density at radius 3 is 2.63 bits per heavy atom. The minimum Gasteiger partial charge on any atom is -0.367 e. The van der Waals surface area contributed by atoms with E-state index in [9.17, 15) is 0 Å². The molecular weight excluding hydrogens is 258 g/mol. The minimum atomic E-state index is 0.494. The van der Waals surface area contributed by atoms with Crippen LogP contribution in [0.1, 0.15) is 58.4 Å². The molecule has 4 heteroatoms. The monoisotopic (exact) mass is 281 g/mol. The minimum absolute atomic E-state index is 0.494. The Morgan fingerprint density at radius 2 is 2.00 bits per heavy atom. The highest BCUT2D eigenvalue weighted by atomic mass is 35.5. The molecule has 1 fully saturated rings. The molecule has 0 bridgehead atoms. The van der Waals surface area contributed by atoms with Gasteiger partial charge in [0.25, 0.3) is 0 Å². The van der Waals surface area contributed by atoms with Crippen LogP contribution in [-0.2, 0) is 6.42 Å². The highest BCUT2D eigenvalue weighted by Crippen LogP contribution is 2.36. The largest absolute Gasteiger partial charge is 0.367 e. The molecule has 0 atom stereocenters. The molecule has 1 aliphatic rings. The van der Waals surface area contributed by atoms with E-state index < -0.39 is 0 Å². The van der Waals surface area contributed by atoms with Gasteiger partial charge in [0.15, 0.2) is 0 Å². The molecule has 19 heavy (non-hydrogen) atoms. The van der Waals surface area contributed by atoms with Crippen molar-refractivity contribution < 1.29 is 0 Å². The van der Waals surface area contributed by atoms with Crippen molar-refractivity contribution in [2.45, 2.75) is 65.3 Å². The zero-order valence-electron chi connectivity index (χ0n) is 12.2. The average Bonchev–Trinajstić information content (AvgIpc) is 2.36. The maximum Gasteiger partial charge on any atom is 0.137 e. The lowest BCUT2D eigenvalue weighted by atomic mass is 9.75. The van der Waals surface area contributed by atoms with Crippen LogP contribution >= 0.6 is 11.6 Å². The third kappa shape index (κ3) is 3.82. The second-order valence-corrected chi connectivity index (χ2v) is 6.68. The molecule has 0 amide bonds. The van der Waals surface area contributed by atoms with Crippen molar-refractivity contribution in [1.82, 2.24) is 9.97 Å². The van der Waals surface area contributed by atoms with Crippen LogP contribution < -0.4 is 5.32 Å². The molecule has 0 aliphatic heterocycles. The Hall–Kier alpha value is -0.830. The van der Waals surface area contributed by atoms with E-state index in [1.165, 1.54) is 25.7 Å². The van der Waals surface area contributed by atoms with Gasteiger partial charge in [-0.15, -0.1) is 0 Å². The molecule has 2 rings (SSSR count). The first-order chi connectivity index (χ1) is 9.02. The number of hydrogen-bond acceptors (Lipinski definition) is 3. The van der Waals surface area contributed by atoms with Crippen molar-refractivity contribution in [3.8, 4) is 0 Å². The van der Waals surface area contributed by atoms with Crippen molar-refractivity contribution in [1.29, 1.82) is 0 Å². The maximum absolute atomic E-state index is 6.18. The molecule has 0 aromatic carbocycles. The standard InChI is InChI=1S/C15H24ClN3/c1-4-5-12-13(16)17-10-18-14(12)19-11-6-8-15(2,3)9-7-11/h10-11H,4-9H2,1-3H3,(H,17,18,19). The van der Waals surface area contributed by atoms with Gasteiger partial charge in [-0.3, -0.25) is 0 Å². The lowest BCUT2D eigenvalue weighted by Crippen LogP contribution is -2.30. The number of rotatable bonds is 4. The van der Waals surface area contributed by atoms with E-state index in [0.717, 1.165) is 24.2 Å². The topological polar surface area (TPSA) is 37.8 Å². The first-order valence-electron chi connectivity index (χ1n) is 7.28. The zero-order chi connectivity index (χ0) is 13.9. The molecule has 1 heterocycles. The van der Waals surface area contributed by atoms with Crippen molar-refractivity contribution in [2.75, 3.05) is 5.32 Å². The number of halogens is 1. The summed E-state index contributed by atoms with van der Waals surface area (Å²) in [6, 6.07) is 0.523. The van der Waals surface area contributed by atoms with Gasteiger partial charge in [0, 0.05) is 11.6 Å². The van der Waals surface area contributed by atoms with E-state index in [4.69, 9.17) is 11.6 Å². The van der Waals surface area contributed by atoms with Gasteiger partial charge in [0.05, 0.1) is 0 Å². The first-order valence-corrected chi connectivity index (χ1v) is 7.65. The first kappa shape index (κ1) is 14.6. The zero-order valence-corrected chi connectivity index (χ0v) is 12.9. The molecule has 0 radical (unpaired) electrons. The summed E-state index contributed by atoms with van der Waals surface area (Å²) >= 11 is 6.18. The second-order valence-electron chi connectivity index (χ2n) is 6.32. The Bertz CT molecular complexity index is 421. The van der Waals surface area contributed by atoms with Gasteiger partial charge in [-0.1, -0.05) is 38.8 Å². The normalized spacial score (nSPS) is 19.4. The van der Waals surface area contributed by atoms with Crippen molar-refractivity contribution in [2.24, 2.45) is 5.41 Å². The molecule has 3 nitrogen and oxygen atoms in total. The van der Waals surface area contributed by atoms with Crippen LogP contribution in [0.2, 0.25) is 5.15 Å². The number of aromatic nitrogens is 2. The quantitative estimate of drug-likeness (QED) is 0.828. The summed E-state index contributed by atoms with van der Waals surface area (Å²) in [6.45, 7) is 6.86. The molecule has 1 N–H and O–H groups in total. The van der Waals surface area contributed by atoms with Crippen LogP contribution in [0.15, 0.2) is 6.33 Å². The van der Waals surface area contributed by atoms with Crippen LogP contribution in [-0.4, -0.2) is 16.0 Å². The molecule has 1 aromatic heterocycles. The molecule has 0 unspecified atom stereocenters. The number of nitrogens with one attached hydrogen (secondary N) is 1. The Labute approximate surface area is 121 Å². The molecule has 1 aliphatic carbocycles. The molecular formula is C15H24ClN3. The van der Waals surface area contributed by atoms with Gasteiger partial charge < -0.3 is 5.32 Å². The van der Waals surface area contributed by atoms with E-state index in [1.54, 1.807) is 6.33 Å². The fourth-order valence-corrected chi connectivity index (χ4v) is 2.95. The fraction of sp³-hybridized carbons (Fsp3) is 0.733. The summed E-state index contributed by atoms with van der Waals surface area (Å²) < 4.78 is 0. The average molecular weight is 282 g/mol. The summed E-state index contributed by atoms with van der Waals surface area (Å²) in [4.78, 5) is 8.47. The predicted molar refractivity (Wildman–Crippen MR) is 80.7 cm³/mol. The number of nitrogens with zero attached hydrogens (tertiary/aromatic N) is 2. The molecule has 1 aromatic rings. The van der Waals surface area contributed by atoms with Gasteiger partial charge in [0.2, 0.25) is 0 Å². The summed E-state index contributed by atoms with van der Waals surface area (Å²) in [6.07, 6.45) is 8.50. The summed E-state index contributed by atoms with van der Waals surface area (Å²) in [5.74, 6) is 0.937. The molecule has 106 valence electrons. The molecule has 0 spiro atoms. The van der Waals surface area contributed by atoms with Gasteiger partial charge in [-0.05, 0) is 37.5 Å². The van der Waals surface area contributed by atoms with E-state index in [1.807, 2.05) is 0 Å². The molecule has 0 saturated heterocycles. The number of hydrogen-bond donors (Lipinski definition) is 1. The van der Waals surface area contributed by atoms with Gasteiger partial charge >= 0.3 is 0 Å². The van der Waals surface area contributed by atoms with E-state index >= 15 is 0 Å². The SMILES string of the molecule is CCCc1c(Cl)ncnc1NC1CCC(C)(C)CC1. The highest BCUT2D eigenvalue weighted by molar-refractivity contribution is 6.30. The van der Waals surface area contributed by atoms with Crippen LogP contribution in [0.5, 0.6) is 0 Å². The van der Waals surface area contributed by atoms with Crippen molar-refractivity contribution >= 4 is 17.4 Å². The lowest BCUT2D eigenvalue weighted by Gasteiger charge is -2.35. The maximum atomic E-state index is 6.18. The van der Waals surface area contributed by atoms with E-state index in [0.29, 0.717) is 16.6 Å². The smallest absolute Gasteiger partial charge is 0.137 e. The third-order valence-corrected chi connectivity index (χ3v) is 4.40. The van der Waals surface area contributed by atoms with Crippen molar-refractivity contribution in [3.63, 3.8) is 0 Å². The van der Waals surface area contributed by atoms with Crippen LogP contribution in [0.3, 0.4) is 0 Å². The summed E-state index contributed by atoms with van der Waals surface area (Å²) in [5.41, 5.74) is 1.56. The fourth-order valence-electron chi connectivity index (χ4n) is 2.72. The van der Waals surface area contributed by atoms with Crippen molar-refractivity contribution in [3.05, 3.63) is 17.0 Å². The van der Waals surface area contributed by atoms with Crippen LogP contribution in [0.25, 0.3) is 0 Å². The predicted octanol–water partition coefficient (Wildman–Crippen LogP) is 4.46. The van der Waals surface area contributed by atoms with Crippen LogP contribution in [0.4, 0.5) is 5.82 Å². The third-order valence-electron chi connectivity index (χ3n) is 4.07. The van der Waals surface area contributed by atoms with Crippen LogP contribution in [0, 0.1) is 5.41 Å². The molecule has 1 saturated carbocycles. The van der Waals surface area contributed by atoms with Gasteiger partial charge in [-0.2, -0.15) is 0 Å². The van der Waals surface area contributed by atoms with Gasteiger partial charge in [0.1, 0.15) is 17.3 Å². The Balaban J connectivity index is 2.05. The number of anilines is 1. The van der Waals surface area contributed by atoms with E-state index in [-0.39, 0.29) is 0 Å². The summed E-state index contributed by atoms with van der Waals surface area (Å²) in [5, 5.41) is 4.17. The Kier molecular flexibility index (Phi) is 4.67. The lowest BCUT2D eigenvalue weighted by molar-refractivity contribution is 0.232. The summed E-state index contributed by atoms with van der Waals surface area (Å²) in [7, 11) is 0. The van der Waals surface area contributed by atoms with E-state index in [2.05, 4.69) is 36.1 Å². The Morgan fingerprint density at radius 1 is 1.32 bits per heavy atom.